The molecule has 1 aromatic carbocycles. The van der Waals surface area contributed by atoms with Gasteiger partial charge in [-0.1, -0.05) is 0 Å². The summed E-state index contributed by atoms with van der Waals surface area (Å²) in [5.41, 5.74) is 6.97. The summed E-state index contributed by atoms with van der Waals surface area (Å²) in [5.74, 6) is 0.203. The number of carbonyl (C=O) groups excluding carboxylic acids is 1. The number of ketones is 1. The van der Waals surface area contributed by atoms with Crippen molar-refractivity contribution in [2.45, 2.75) is 26.7 Å². The molecule has 0 unspecified atom stereocenters. The number of benzene rings is 1. The van der Waals surface area contributed by atoms with Crippen molar-refractivity contribution < 1.29 is 13.9 Å². The predicted molar refractivity (Wildman–Crippen MR) is 111 cm³/mol. The van der Waals surface area contributed by atoms with Gasteiger partial charge in [-0.3, -0.25) is 9.79 Å². The van der Waals surface area contributed by atoms with Gasteiger partial charge in [0.2, 0.25) is 5.88 Å². The van der Waals surface area contributed by atoms with Crippen molar-refractivity contribution in [1.29, 1.82) is 0 Å². The number of hydrogen-bond donors (Lipinski definition) is 1. The Morgan fingerprint density at radius 1 is 1.17 bits per heavy atom. The second-order valence-corrected chi connectivity index (χ2v) is 7.64. The summed E-state index contributed by atoms with van der Waals surface area (Å²) in [6.45, 7) is 5.13. The Hall–Kier alpha value is -3.28. The zero-order chi connectivity index (χ0) is 20.1. The van der Waals surface area contributed by atoms with Crippen LogP contribution < -0.4 is 10.1 Å². The fraction of sp³-hybridized carbons (Fsp3) is 0.261. The second kappa shape index (κ2) is 6.65. The lowest BCUT2D eigenvalue weighted by Crippen LogP contribution is -2.20. The summed E-state index contributed by atoms with van der Waals surface area (Å²) < 4.78 is 20.6. The molecule has 1 N–H and O–H groups in total. The normalized spacial score (nSPS) is 18.7. The van der Waals surface area contributed by atoms with Crippen LogP contribution in [0, 0.1) is 12.7 Å². The van der Waals surface area contributed by atoms with E-state index in [1.54, 1.807) is 18.5 Å². The summed E-state index contributed by atoms with van der Waals surface area (Å²) in [4.78, 5) is 21.3. The average molecular weight is 389 g/mol. The van der Waals surface area contributed by atoms with E-state index in [0.29, 0.717) is 35.7 Å². The average Bonchev–Trinajstić information content (AvgIpc) is 3.25. The number of nitrogens with zero attached hydrogens (tertiary/aromatic N) is 2. The van der Waals surface area contributed by atoms with E-state index in [4.69, 9.17) is 4.74 Å². The minimum Gasteiger partial charge on any atom is -0.474 e. The van der Waals surface area contributed by atoms with Crippen molar-refractivity contribution in [1.82, 2.24) is 4.98 Å². The van der Waals surface area contributed by atoms with E-state index in [1.165, 1.54) is 6.07 Å². The fourth-order valence-electron chi connectivity index (χ4n) is 4.14. The van der Waals surface area contributed by atoms with E-state index < -0.39 is 0 Å². The van der Waals surface area contributed by atoms with Crippen LogP contribution in [0.25, 0.3) is 16.7 Å². The van der Waals surface area contributed by atoms with Gasteiger partial charge in [-0.2, -0.15) is 0 Å². The number of ether oxygens (including phenoxy) is 1. The van der Waals surface area contributed by atoms with Crippen LogP contribution in [0.3, 0.4) is 0 Å². The van der Waals surface area contributed by atoms with Gasteiger partial charge in [0.25, 0.3) is 0 Å². The first-order chi connectivity index (χ1) is 14.0. The van der Waals surface area contributed by atoms with Gasteiger partial charge in [-0.05, 0) is 54.3 Å². The molecule has 0 atom stereocenters. The molecule has 0 fully saturated rings. The molecule has 0 saturated heterocycles. The van der Waals surface area contributed by atoms with Crippen LogP contribution in [0.4, 0.5) is 10.1 Å². The molecule has 3 aliphatic rings. The second-order valence-electron chi connectivity index (χ2n) is 7.64. The highest BCUT2D eigenvalue weighted by Gasteiger charge is 2.28. The van der Waals surface area contributed by atoms with Gasteiger partial charge < -0.3 is 10.1 Å². The van der Waals surface area contributed by atoms with Crippen LogP contribution in [0.1, 0.15) is 30.0 Å². The molecule has 0 radical (unpaired) electrons. The smallest absolute Gasteiger partial charge is 0.237 e. The first-order valence-electron chi connectivity index (χ1n) is 9.68. The van der Waals surface area contributed by atoms with Crippen LogP contribution in [-0.4, -0.2) is 29.6 Å². The first-order valence-corrected chi connectivity index (χ1v) is 9.68. The Balaban J connectivity index is 1.61. The number of nitrogens with one attached hydrogen (secondary N) is 1. The molecule has 1 aliphatic carbocycles. The Kier molecular flexibility index (Phi) is 4.08. The number of fused-ring (bicyclic) bond motifs is 2. The monoisotopic (exact) mass is 389 g/mol. The van der Waals surface area contributed by atoms with Gasteiger partial charge in [0, 0.05) is 54.2 Å². The minimum absolute atomic E-state index is 0.0114. The molecular formula is C23H20FN3O2. The first kappa shape index (κ1) is 17.8. The molecule has 2 aromatic rings. The number of rotatable bonds is 2. The number of aromatic nitrogens is 1. The quantitative estimate of drug-likeness (QED) is 0.780. The number of Topliss-reactive ketones (excluding diaryl/α,β-unsaturated/α-hetero) is 1. The number of anilines is 1. The molecule has 6 heteroatoms. The van der Waals surface area contributed by atoms with Crippen molar-refractivity contribution in [3.8, 4) is 17.0 Å². The number of pyridine rings is 1. The van der Waals surface area contributed by atoms with E-state index in [9.17, 15) is 4.79 Å². The summed E-state index contributed by atoms with van der Waals surface area (Å²) in [5, 5.41) is 3.29. The van der Waals surface area contributed by atoms with Crippen molar-refractivity contribution >= 4 is 22.8 Å². The lowest BCUT2D eigenvalue weighted by molar-refractivity contribution is -0.112. The van der Waals surface area contributed by atoms with E-state index in [-0.39, 0.29) is 18.0 Å². The van der Waals surface area contributed by atoms with Crippen molar-refractivity contribution in [2.75, 3.05) is 18.5 Å². The van der Waals surface area contributed by atoms with Gasteiger partial charge >= 0.3 is 0 Å². The Morgan fingerprint density at radius 2 is 2.03 bits per heavy atom. The summed E-state index contributed by atoms with van der Waals surface area (Å²) in [7, 11) is 0. The van der Waals surface area contributed by atoms with E-state index >= 15 is 4.39 Å². The standard InChI is InChI=1S/C23H20FN3O2/c1-12-5-14(10-26-12)6-18-16-9-17(20(24)7-15(16)8-21(18)28)19-11-27-23-22(13(19)2)25-3-4-29-23/h6-7,9-11,25H,3-5,8H2,1-2H3/b18-6-. The zero-order valence-corrected chi connectivity index (χ0v) is 16.3. The minimum atomic E-state index is -0.348. The molecule has 0 saturated carbocycles. The summed E-state index contributed by atoms with van der Waals surface area (Å²) in [6, 6.07) is 3.27. The molecule has 0 bridgehead atoms. The third kappa shape index (κ3) is 2.95. The van der Waals surface area contributed by atoms with Crippen LogP contribution in [0.2, 0.25) is 0 Å². The number of allylic oxidation sites excluding steroid dienone is 3. The maximum atomic E-state index is 15.0. The highest BCUT2D eigenvalue weighted by atomic mass is 19.1. The number of hydrogen-bond acceptors (Lipinski definition) is 5. The lowest BCUT2D eigenvalue weighted by atomic mass is 9.95. The summed E-state index contributed by atoms with van der Waals surface area (Å²) >= 11 is 0. The van der Waals surface area contributed by atoms with Gasteiger partial charge in [-0.25, -0.2) is 9.37 Å². The zero-order valence-electron chi connectivity index (χ0n) is 16.3. The molecule has 0 amide bonds. The van der Waals surface area contributed by atoms with Gasteiger partial charge in [0.15, 0.2) is 5.78 Å². The molecule has 0 spiro atoms. The Morgan fingerprint density at radius 3 is 2.83 bits per heavy atom. The number of aliphatic imine (C=N–C) groups is 1. The highest BCUT2D eigenvalue weighted by Crippen LogP contribution is 2.40. The third-order valence-electron chi connectivity index (χ3n) is 5.61. The maximum absolute atomic E-state index is 15.0. The van der Waals surface area contributed by atoms with Crippen LogP contribution >= 0.6 is 0 Å². The van der Waals surface area contributed by atoms with Crippen LogP contribution in [0.5, 0.6) is 5.88 Å². The Bertz CT molecular complexity index is 1160. The van der Waals surface area contributed by atoms with Crippen LogP contribution in [-0.2, 0) is 11.2 Å². The topological polar surface area (TPSA) is 63.6 Å². The molecule has 29 heavy (non-hydrogen) atoms. The molecule has 5 rings (SSSR count). The SMILES string of the molecule is CC1=NC=C(/C=C2\C(=O)Cc3cc(F)c(-c4cnc5c(c4C)NCCO5)cc32)C1. The summed E-state index contributed by atoms with van der Waals surface area (Å²) in [6.07, 6.45) is 6.29. The lowest BCUT2D eigenvalue weighted by Gasteiger charge is -2.21. The van der Waals surface area contributed by atoms with E-state index in [0.717, 1.165) is 40.1 Å². The van der Waals surface area contributed by atoms with Gasteiger partial charge in [0.1, 0.15) is 18.1 Å². The van der Waals surface area contributed by atoms with Crippen molar-refractivity contribution in [2.24, 2.45) is 4.99 Å². The largest absolute Gasteiger partial charge is 0.474 e. The van der Waals surface area contributed by atoms with Crippen molar-refractivity contribution in [3.63, 3.8) is 0 Å². The molecule has 3 heterocycles. The molecule has 146 valence electrons. The number of halogens is 1. The molecule has 2 aliphatic heterocycles. The molecule has 1 aromatic heterocycles. The fourth-order valence-corrected chi connectivity index (χ4v) is 4.14. The predicted octanol–water partition coefficient (Wildman–Crippen LogP) is 4.26. The van der Waals surface area contributed by atoms with E-state index in [1.807, 2.05) is 19.9 Å². The van der Waals surface area contributed by atoms with Crippen LogP contribution in [0.15, 0.2) is 41.2 Å². The third-order valence-corrected chi connectivity index (χ3v) is 5.61. The van der Waals surface area contributed by atoms with E-state index in [2.05, 4.69) is 15.3 Å². The van der Waals surface area contributed by atoms with Gasteiger partial charge in [0.05, 0.1) is 0 Å². The highest BCUT2D eigenvalue weighted by molar-refractivity contribution is 6.26. The maximum Gasteiger partial charge on any atom is 0.237 e. The Labute approximate surface area is 168 Å². The van der Waals surface area contributed by atoms with Gasteiger partial charge in [-0.15, -0.1) is 0 Å². The van der Waals surface area contributed by atoms with Crippen molar-refractivity contribution in [3.05, 3.63) is 58.7 Å². The number of carbonyl (C=O) groups is 1. The molecular weight excluding hydrogens is 369 g/mol. The molecule has 5 nitrogen and oxygen atoms in total.